The molecule has 1 aliphatic heterocycles. The summed E-state index contributed by atoms with van der Waals surface area (Å²) in [5.41, 5.74) is 3.92. The van der Waals surface area contributed by atoms with E-state index in [9.17, 15) is 0 Å². The van der Waals surface area contributed by atoms with Crippen molar-refractivity contribution >= 4 is 22.6 Å². The van der Waals surface area contributed by atoms with E-state index in [4.69, 9.17) is 4.74 Å². The number of halogens is 1. The molecule has 1 heterocycles. The van der Waals surface area contributed by atoms with Crippen molar-refractivity contribution in [3.63, 3.8) is 0 Å². The Morgan fingerprint density at radius 3 is 2.79 bits per heavy atom. The normalized spacial score (nSPS) is 14.8. The molecule has 3 heteroatoms. The molecule has 2 aromatic rings. The molecule has 0 bridgehead atoms. The van der Waals surface area contributed by atoms with E-state index >= 15 is 0 Å². The van der Waals surface area contributed by atoms with Crippen molar-refractivity contribution in [2.45, 2.75) is 12.5 Å². The number of hydrogen-bond donors (Lipinski definition) is 1. The third-order valence-corrected chi connectivity index (χ3v) is 4.19. The monoisotopic (exact) mass is 365 g/mol. The SMILES string of the molecule is CNC(c1cccc(I)c1)c1ccc2c(c1)CCO2. The molecule has 0 spiro atoms. The molecular weight excluding hydrogens is 349 g/mol. The zero-order chi connectivity index (χ0) is 13.2. The molecule has 0 aliphatic carbocycles. The van der Waals surface area contributed by atoms with Crippen molar-refractivity contribution < 1.29 is 4.74 Å². The largest absolute Gasteiger partial charge is 0.493 e. The third-order valence-electron chi connectivity index (χ3n) is 3.52. The first-order valence-electron chi connectivity index (χ1n) is 6.46. The van der Waals surface area contributed by atoms with Crippen LogP contribution in [-0.2, 0) is 6.42 Å². The predicted molar refractivity (Wildman–Crippen MR) is 85.7 cm³/mol. The van der Waals surface area contributed by atoms with Crippen LogP contribution in [0.3, 0.4) is 0 Å². The average molecular weight is 365 g/mol. The first kappa shape index (κ1) is 12.9. The lowest BCUT2D eigenvalue weighted by Crippen LogP contribution is -2.17. The van der Waals surface area contributed by atoms with Crippen molar-refractivity contribution in [2.24, 2.45) is 0 Å². The molecule has 3 rings (SSSR count). The maximum atomic E-state index is 5.57. The van der Waals surface area contributed by atoms with Gasteiger partial charge in [0.2, 0.25) is 0 Å². The van der Waals surface area contributed by atoms with E-state index in [0.29, 0.717) is 0 Å². The first-order chi connectivity index (χ1) is 9.28. The lowest BCUT2D eigenvalue weighted by atomic mass is 9.96. The molecule has 1 atom stereocenters. The van der Waals surface area contributed by atoms with Gasteiger partial charge in [0.25, 0.3) is 0 Å². The molecule has 98 valence electrons. The maximum absolute atomic E-state index is 5.57. The van der Waals surface area contributed by atoms with Crippen molar-refractivity contribution in [3.05, 3.63) is 62.7 Å². The van der Waals surface area contributed by atoms with Crippen molar-refractivity contribution in [3.8, 4) is 5.75 Å². The van der Waals surface area contributed by atoms with Gasteiger partial charge in [-0.3, -0.25) is 0 Å². The number of rotatable bonds is 3. The molecule has 1 aliphatic rings. The topological polar surface area (TPSA) is 21.3 Å². The summed E-state index contributed by atoms with van der Waals surface area (Å²) in [7, 11) is 2.01. The minimum absolute atomic E-state index is 0.237. The highest BCUT2D eigenvalue weighted by Gasteiger charge is 2.17. The van der Waals surface area contributed by atoms with Gasteiger partial charge in [-0.25, -0.2) is 0 Å². The van der Waals surface area contributed by atoms with Crippen LogP contribution < -0.4 is 10.1 Å². The van der Waals surface area contributed by atoms with Gasteiger partial charge in [0.15, 0.2) is 0 Å². The molecule has 2 aromatic carbocycles. The fraction of sp³-hybridized carbons (Fsp3) is 0.250. The standard InChI is InChI=1S/C16H16INO/c1-18-16(12-3-2-4-14(17)10-12)13-5-6-15-11(9-13)7-8-19-15/h2-6,9-10,16,18H,7-8H2,1H3. The molecule has 1 unspecified atom stereocenters. The average Bonchev–Trinajstić information content (AvgIpc) is 2.87. The van der Waals surface area contributed by atoms with Crippen LogP contribution in [0, 0.1) is 3.57 Å². The van der Waals surface area contributed by atoms with Gasteiger partial charge in [-0.1, -0.05) is 24.3 Å². The van der Waals surface area contributed by atoms with Gasteiger partial charge < -0.3 is 10.1 Å². The zero-order valence-electron chi connectivity index (χ0n) is 10.8. The molecule has 0 radical (unpaired) electrons. The predicted octanol–water partition coefficient (Wildman–Crippen LogP) is 3.53. The van der Waals surface area contributed by atoms with Gasteiger partial charge in [-0.15, -0.1) is 0 Å². The highest BCUT2D eigenvalue weighted by atomic mass is 127. The summed E-state index contributed by atoms with van der Waals surface area (Å²) in [4.78, 5) is 0. The van der Waals surface area contributed by atoms with E-state index < -0.39 is 0 Å². The van der Waals surface area contributed by atoms with E-state index in [0.717, 1.165) is 18.8 Å². The fourth-order valence-electron chi connectivity index (χ4n) is 2.60. The Balaban J connectivity index is 1.98. The van der Waals surface area contributed by atoms with Gasteiger partial charge in [0.1, 0.15) is 5.75 Å². The molecule has 2 nitrogen and oxygen atoms in total. The lowest BCUT2D eigenvalue weighted by Gasteiger charge is -2.18. The molecule has 0 saturated heterocycles. The Kier molecular flexibility index (Phi) is 3.75. The van der Waals surface area contributed by atoms with Crippen molar-refractivity contribution in [1.82, 2.24) is 5.32 Å². The van der Waals surface area contributed by atoms with Crippen LogP contribution in [0.1, 0.15) is 22.7 Å². The summed E-state index contributed by atoms with van der Waals surface area (Å²) in [6, 6.07) is 15.4. The van der Waals surface area contributed by atoms with Crippen LogP contribution >= 0.6 is 22.6 Å². The van der Waals surface area contributed by atoms with Crippen molar-refractivity contribution in [1.29, 1.82) is 0 Å². The van der Waals surface area contributed by atoms with Gasteiger partial charge >= 0.3 is 0 Å². The van der Waals surface area contributed by atoms with Crippen molar-refractivity contribution in [2.75, 3.05) is 13.7 Å². The second kappa shape index (κ2) is 5.51. The molecule has 1 N–H and O–H groups in total. The molecule has 0 aromatic heterocycles. The Morgan fingerprint density at radius 1 is 1.16 bits per heavy atom. The zero-order valence-corrected chi connectivity index (χ0v) is 13.0. The van der Waals surface area contributed by atoms with E-state index in [-0.39, 0.29) is 6.04 Å². The molecule has 0 amide bonds. The first-order valence-corrected chi connectivity index (χ1v) is 7.54. The van der Waals surface area contributed by atoms with Gasteiger partial charge in [-0.2, -0.15) is 0 Å². The molecular formula is C16H16INO. The van der Waals surface area contributed by atoms with Crippen LogP contribution in [-0.4, -0.2) is 13.7 Å². The van der Waals surface area contributed by atoms with Gasteiger partial charge in [0, 0.05) is 9.99 Å². The molecule has 0 saturated carbocycles. The Bertz CT molecular complexity index is 597. The number of fused-ring (bicyclic) bond motifs is 1. The van der Waals surface area contributed by atoms with Crippen LogP contribution in [0.4, 0.5) is 0 Å². The Labute approximate surface area is 127 Å². The summed E-state index contributed by atoms with van der Waals surface area (Å²) < 4.78 is 6.83. The van der Waals surface area contributed by atoms with E-state index in [1.54, 1.807) is 0 Å². The summed E-state index contributed by atoms with van der Waals surface area (Å²) in [5, 5.41) is 3.41. The smallest absolute Gasteiger partial charge is 0.122 e. The summed E-state index contributed by atoms with van der Waals surface area (Å²) >= 11 is 2.36. The van der Waals surface area contributed by atoms with E-state index in [2.05, 4.69) is 70.4 Å². The highest BCUT2D eigenvalue weighted by molar-refractivity contribution is 14.1. The van der Waals surface area contributed by atoms with E-state index in [1.165, 1.54) is 20.3 Å². The summed E-state index contributed by atoms with van der Waals surface area (Å²) in [5.74, 6) is 1.04. The Hall–Kier alpha value is -1.07. The number of nitrogens with one attached hydrogen (secondary N) is 1. The minimum Gasteiger partial charge on any atom is -0.493 e. The summed E-state index contributed by atoms with van der Waals surface area (Å²) in [6.45, 7) is 0.812. The molecule has 0 fully saturated rings. The number of benzene rings is 2. The van der Waals surface area contributed by atoms with Crippen LogP contribution in [0.2, 0.25) is 0 Å². The van der Waals surface area contributed by atoms with Crippen LogP contribution in [0.25, 0.3) is 0 Å². The van der Waals surface area contributed by atoms with Crippen LogP contribution in [0.5, 0.6) is 5.75 Å². The van der Waals surface area contributed by atoms with Gasteiger partial charge in [-0.05, 0) is 64.5 Å². The van der Waals surface area contributed by atoms with Crippen LogP contribution in [0.15, 0.2) is 42.5 Å². The number of hydrogen-bond acceptors (Lipinski definition) is 2. The fourth-order valence-corrected chi connectivity index (χ4v) is 3.17. The highest BCUT2D eigenvalue weighted by Crippen LogP contribution is 2.30. The van der Waals surface area contributed by atoms with E-state index in [1.807, 2.05) is 7.05 Å². The summed E-state index contributed by atoms with van der Waals surface area (Å²) in [6.07, 6.45) is 1.02. The third kappa shape index (κ3) is 2.62. The minimum atomic E-state index is 0.237. The number of ether oxygens (including phenoxy) is 1. The second-order valence-electron chi connectivity index (χ2n) is 4.74. The maximum Gasteiger partial charge on any atom is 0.122 e. The van der Waals surface area contributed by atoms with Gasteiger partial charge in [0.05, 0.1) is 12.6 Å². The molecule has 19 heavy (non-hydrogen) atoms. The lowest BCUT2D eigenvalue weighted by molar-refractivity contribution is 0.357. The quantitative estimate of drug-likeness (QED) is 0.841. The Morgan fingerprint density at radius 2 is 2.00 bits per heavy atom. The second-order valence-corrected chi connectivity index (χ2v) is 5.99.